The second-order valence-electron chi connectivity index (χ2n) is 4.77. The molecule has 1 atom stereocenters. The number of carbonyl (C=O) groups excluding carboxylic acids is 1. The monoisotopic (exact) mass is 264 g/mol. The summed E-state index contributed by atoms with van der Waals surface area (Å²) in [6.45, 7) is 1.08. The Balaban J connectivity index is 1.91. The van der Waals surface area contributed by atoms with E-state index in [2.05, 4.69) is 0 Å². The third-order valence-electron chi connectivity index (χ3n) is 3.54. The van der Waals surface area contributed by atoms with Crippen molar-refractivity contribution in [3.63, 3.8) is 0 Å². The van der Waals surface area contributed by atoms with E-state index in [4.69, 9.17) is 10.5 Å². The number of para-hydroxylation sites is 1. The van der Waals surface area contributed by atoms with E-state index in [-0.39, 0.29) is 11.7 Å². The molecule has 0 saturated carbocycles. The fourth-order valence-electron chi connectivity index (χ4n) is 2.55. The molecule has 0 aromatic heterocycles. The van der Waals surface area contributed by atoms with Crippen LogP contribution in [0, 0.1) is 0 Å². The Morgan fingerprint density at radius 2 is 2.28 bits per heavy atom. The van der Waals surface area contributed by atoms with E-state index in [1.807, 2.05) is 36.0 Å². The summed E-state index contributed by atoms with van der Waals surface area (Å²) in [5.74, 6) is 1.97. The van der Waals surface area contributed by atoms with Gasteiger partial charge in [0.15, 0.2) is 0 Å². The van der Waals surface area contributed by atoms with Gasteiger partial charge >= 0.3 is 6.09 Å². The Bertz CT molecular complexity index is 472. The molecular weight excluding hydrogens is 248 g/mol. The molecule has 1 unspecified atom stereocenters. The molecule has 5 heteroatoms. The summed E-state index contributed by atoms with van der Waals surface area (Å²) < 4.78 is 5.60. The average Bonchev–Trinajstić information content (AvgIpc) is 2.97. The number of ether oxygens (including phenoxy) is 1. The molecule has 2 saturated heterocycles. The summed E-state index contributed by atoms with van der Waals surface area (Å²) in [6, 6.07) is 7.76. The maximum absolute atomic E-state index is 12.1. The summed E-state index contributed by atoms with van der Waals surface area (Å²) in [5.41, 5.74) is 7.32. The van der Waals surface area contributed by atoms with Crippen molar-refractivity contribution in [2.45, 2.75) is 18.6 Å². The molecule has 1 aromatic carbocycles. The number of thioether (sulfide) groups is 1. The first-order valence-corrected chi connectivity index (χ1v) is 7.26. The second-order valence-corrected chi connectivity index (χ2v) is 5.88. The zero-order valence-electron chi connectivity index (χ0n) is 10.1. The minimum atomic E-state index is -0.274. The maximum Gasteiger partial charge on any atom is 0.415 e. The van der Waals surface area contributed by atoms with Crippen molar-refractivity contribution in [2.24, 2.45) is 5.73 Å². The van der Waals surface area contributed by atoms with Crippen molar-refractivity contribution in [3.8, 4) is 0 Å². The molecular formula is C13H16N2O2S. The zero-order chi connectivity index (χ0) is 12.6. The topological polar surface area (TPSA) is 55.6 Å². The molecule has 18 heavy (non-hydrogen) atoms. The molecule has 2 heterocycles. The van der Waals surface area contributed by atoms with Crippen LogP contribution in [0.1, 0.15) is 12.0 Å². The van der Waals surface area contributed by atoms with Crippen molar-refractivity contribution in [1.29, 1.82) is 0 Å². The quantitative estimate of drug-likeness (QED) is 0.887. The van der Waals surface area contributed by atoms with Crippen LogP contribution in [-0.2, 0) is 11.3 Å². The molecule has 2 N–H and O–H groups in total. The molecule has 2 aliphatic rings. The molecule has 1 aromatic rings. The number of benzene rings is 1. The molecule has 0 aliphatic carbocycles. The fraction of sp³-hybridized carbons (Fsp3) is 0.462. The van der Waals surface area contributed by atoms with Crippen LogP contribution in [0.4, 0.5) is 10.5 Å². The Morgan fingerprint density at radius 3 is 3.00 bits per heavy atom. The Morgan fingerprint density at radius 1 is 1.44 bits per heavy atom. The van der Waals surface area contributed by atoms with Gasteiger partial charge < -0.3 is 10.5 Å². The van der Waals surface area contributed by atoms with E-state index in [1.54, 1.807) is 4.90 Å². The minimum absolute atomic E-state index is 0.238. The highest BCUT2D eigenvalue weighted by Crippen LogP contribution is 2.39. The Hall–Kier alpha value is -1.20. The summed E-state index contributed by atoms with van der Waals surface area (Å²) in [5, 5.41) is 0. The molecule has 96 valence electrons. The maximum atomic E-state index is 12.1. The van der Waals surface area contributed by atoms with Gasteiger partial charge in [0.2, 0.25) is 0 Å². The zero-order valence-corrected chi connectivity index (χ0v) is 10.9. The normalized spacial score (nSPS) is 26.9. The van der Waals surface area contributed by atoms with Gasteiger partial charge in [-0.1, -0.05) is 18.2 Å². The van der Waals surface area contributed by atoms with Crippen LogP contribution in [0.3, 0.4) is 0 Å². The number of nitrogens with two attached hydrogens (primary N) is 1. The van der Waals surface area contributed by atoms with Gasteiger partial charge in [-0.15, -0.1) is 0 Å². The number of anilines is 1. The largest absolute Gasteiger partial charge is 0.440 e. The number of nitrogens with zero attached hydrogens (tertiary/aromatic N) is 1. The molecule has 2 aliphatic heterocycles. The van der Waals surface area contributed by atoms with E-state index in [9.17, 15) is 4.79 Å². The summed E-state index contributed by atoms with van der Waals surface area (Å²) in [6.07, 6.45) is 0.712. The van der Waals surface area contributed by atoms with E-state index < -0.39 is 0 Å². The minimum Gasteiger partial charge on any atom is -0.440 e. The van der Waals surface area contributed by atoms with Gasteiger partial charge in [0.05, 0.1) is 12.2 Å². The van der Waals surface area contributed by atoms with Crippen LogP contribution in [0.15, 0.2) is 24.3 Å². The van der Waals surface area contributed by atoms with Gasteiger partial charge in [0, 0.05) is 12.3 Å². The lowest BCUT2D eigenvalue weighted by Crippen LogP contribution is -2.34. The first-order chi connectivity index (χ1) is 8.74. The third-order valence-corrected chi connectivity index (χ3v) is 4.76. The number of hydrogen-bond acceptors (Lipinski definition) is 4. The molecule has 1 amide bonds. The predicted molar refractivity (Wildman–Crippen MR) is 72.8 cm³/mol. The highest BCUT2D eigenvalue weighted by Gasteiger charge is 2.48. The van der Waals surface area contributed by atoms with Crippen LogP contribution in [0.2, 0.25) is 0 Å². The first-order valence-electron chi connectivity index (χ1n) is 6.10. The molecule has 0 bridgehead atoms. The van der Waals surface area contributed by atoms with Gasteiger partial charge in [0.25, 0.3) is 0 Å². The van der Waals surface area contributed by atoms with Gasteiger partial charge in [-0.05, 0) is 23.8 Å². The molecule has 2 fully saturated rings. The van der Waals surface area contributed by atoms with Crippen molar-refractivity contribution in [3.05, 3.63) is 29.8 Å². The number of carbonyl (C=O) groups is 1. The lowest BCUT2D eigenvalue weighted by atomic mass is 10.0. The molecule has 1 spiro atoms. The van der Waals surface area contributed by atoms with Crippen LogP contribution >= 0.6 is 11.8 Å². The van der Waals surface area contributed by atoms with Crippen molar-refractivity contribution in [2.75, 3.05) is 23.0 Å². The van der Waals surface area contributed by atoms with Crippen molar-refractivity contribution >= 4 is 23.5 Å². The van der Waals surface area contributed by atoms with Gasteiger partial charge in [-0.3, -0.25) is 4.90 Å². The lowest BCUT2D eigenvalue weighted by molar-refractivity contribution is 0.0782. The predicted octanol–water partition coefficient (Wildman–Crippen LogP) is 1.98. The second kappa shape index (κ2) is 4.48. The summed E-state index contributed by atoms with van der Waals surface area (Å²) in [4.78, 5) is 13.8. The highest BCUT2D eigenvalue weighted by atomic mass is 32.2. The first kappa shape index (κ1) is 11.9. The number of rotatable bonds is 2. The van der Waals surface area contributed by atoms with Crippen molar-refractivity contribution in [1.82, 2.24) is 0 Å². The van der Waals surface area contributed by atoms with Crippen LogP contribution in [-0.4, -0.2) is 29.7 Å². The third kappa shape index (κ3) is 1.87. The number of amides is 1. The SMILES string of the molecule is NCc1ccccc1N1CC2(CCSC2)OC1=O. The van der Waals surface area contributed by atoms with Crippen LogP contribution in [0.25, 0.3) is 0 Å². The van der Waals surface area contributed by atoms with E-state index >= 15 is 0 Å². The number of hydrogen-bond donors (Lipinski definition) is 1. The van der Waals surface area contributed by atoms with Crippen LogP contribution in [0.5, 0.6) is 0 Å². The average molecular weight is 264 g/mol. The van der Waals surface area contributed by atoms with Gasteiger partial charge in [0.1, 0.15) is 5.60 Å². The van der Waals surface area contributed by atoms with Gasteiger partial charge in [-0.25, -0.2) is 4.79 Å². The highest BCUT2D eigenvalue weighted by molar-refractivity contribution is 7.99. The summed E-state index contributed by atoms with van der Waals surface area (Å²) >= 11 is 1.85. The fourth-order valence-corrected chi connectivity index (χ4v) is 3.88. The van der Waals surface area contributed by atoms with E-state index in [1.165, 1.54) is 0 Å². The molecule has 3 rings (SSSR count). The molecule has 4 nitrogen and oxygen atoms in total. The smallest absolute Gasteiger partial charge is 0.415 e. The van der Waals surface area contributed by atoms with Crippen LogP contribution < -0.4 is 10.6 Å². The summed E-state index contributed by atoms with van der Waals surface area (Å²) in [7, 11) is 0. The van der Waals surface area contributed by atoms with E-state index in [0.29, 0.717) is 13.1 Å². The van der Waals surface area contributed by atoms with Crippen molar-refractivity contribution < 1.29 is 9.53 Å². The van der Waals surface area contributed by atoms with E-state index in [0.717, 1.165) is 29.2 Å². The van der Waals surface area contributed by atoms with Gasteiger partial charge in [-0.2, -0.15) is 11.8 Å². The Kier molecular flexibility index (Phi) is 2.95. The molecule has 0 radical (unpaired) electrons. The standard InChI is InChI=1S/C13H16N2O2S/c14-7-10-3-1-2-4-11(10)15-8-13(17-12(15)16)5-6-18-9-13/h1-4H,5-9,14H2. The Labute approximate surface area is 110 Å². The lowest BCUT2D eigenvalue weighted by Gasteiger charge is -2.20.